The normalized spacial score (nSPS) is 11.6. The monoisotopic (exact) mass is 252 g/mol. The molecule has 0 unspecified atom stereocenters. The maximum atomic E-state index is 12.6. The Kier molecular flexibility index (Phi) is 4.85. The predicted molar refractivity (Wildman–Crippen MR) is 68.3 cm³/mol. The first-order chi connectivity index (χ1) is 8.43. The molecule has 0 atom stereocenters. The quantitative estimate of drug-likeness (QED) is 0.766. The van der Waals surface area contributed by atoms with Gasteiger partial charge in [0.2, 0.25) is 0 Å². The molecule has 18 heavy (non-hydrogen) atoms. The molecule has 0 saturated carbocycles. The first kappa shape index (κ1) is 14.2. The van der Waals surface area contributed by atoms with E-state index in [1.54, 1.807) is 32.1 Å². The SMILES string of the molecule is CC(C)(CO)NC(=O)N/C=C/c1ccc(F)cc1. The van der Waals surface area contributed by atoms with Crippen molar-refractivity contribution in [1.29, 1.82) is 0 Å². The highest BCUT2D eigenvalue weighted by Gasteiger charge is 2.17. The minimum absolute atomic E-state index is 0.151. The van der Waals surface area contributed by atoms with Crippen molar-refractivity contribution >= 4 is 12.1 Å². The zero-order valence-electron chi connectivity index (χ0n) is 10.4. The fraction of sp³-hybridized carbons (Fsp3) is 0.308. The van der Waals surface area contributed by atoms with Crippen molar-refractivity contribution in [3.63, 3.8) is 0 Å². The van der Waals surface area contributed by atoms with Crippen LogP contribution in [0.1, 0.15) is 19.4 Å². The van der Waals surface area contributed by atoms with E-state index in [0.717, 1.165) is 5.56 Å². The summed E-state index contributed by atoms with van der Waals surface area (Å²) in [6.45, 7) is 3.26. The number of nitrogens with one attached hydrogen (secondary N) is 2. The third kappa shape index (κ3) is 4.97. The summed E-state index contributed by atoms with van der Waals surface area (Å²) in [4.78, 5) is 11.4. The lowest BCUT2D eigenvalue weighted by molar-refractivity contribution is 0.183. The summed E-state index contributed by atoms with van der Waals surface area (Å²) in [7, 11) is 0. The van der Waals surface area contributed by atoms with Crippen LogP contribution in [0.15, 0.2) is 30.5 Å². The highest BCUT2D eigenvalue weighted by molar-refractivity contribution is 5.76. The largest absolute Gasteiger partial charge is 0.394 e. The number of benzene rings is 1. The van der Waals surface area contributed by atoms with Crippen molar-refractivity contribution in [2.45, 2.75) is 19.4 Å². The molecule has 1 aromatic carbocycles. The number of rotatable bonds is 4. The molecule has 3 N–H and O–H groups in total. The second-order valence-electron chi connectivity index (χ2n) is 4.53. The fourth-order valence-electron chi connectivity index (χ4n) is 1.17. The van der Waals surface area contributed by atoms with Gasteiger partial charge < -0.3 is 15.7 Å². The van der Waals surface area contributed by atoms with Crippen LogP contribution in [0.25, 0.3) is 6.08 Å². The number of carbonyl (C=O) groups excluding carboxylic acids is 1. The van der Waals surface area contributed by atoms with Crippen LogP contribution in [-0.4, -0.2) is 23.3 Å². The summed E-state index contributed by atoms with van der Waals surface area (Å²) in [5, 5.41) is 14.1. The van der Waals surface area contributed by atoms with Crippen LogP contribution in [0.5, 0.6) is 0 Å². The minimum atomic E-state index is -0.673. The first-order valence-corrected chi connectivity index (χ1v) is 5.54. The maximum absolute atomic E-state index is 12.6. The van der Waals surface area contributed by atoms with Crippen LogP contribution in [0.4, 0.5) is 9.18 Å². The van der Waals surface area contributed by atoms with Gasteiger partial charge in [0.05, 0.1) is 12.1 Å². The smallest absolute Gasteiger partial charge is 0.319 e. The van der Waals surface area contributed by atoms with E-state index in [2.05, 4.69) is 10.6 Å². The molecule has 2 amide bonds. The minimum Gasteiger partial charge on any atom is -0.394 e. The second-order valence-corrected chi connectivity index (χ2v) is 4.53. The van der Waals surface area contributed by atoms with E-state index in [1.807, 2.05) is 0 Å². The number of carbonyl (C=O) groups is 1. The van der Waals surface area contributed by atoms with Gasteiger partial charge in [-0.1, -0.05) is 12.1 Å². The van der Waals surface area contributed by atoms with Gasteiger partial charge in [-0.15, -0.1) is 0 Å². The Hall–Kier alpha value is -1.88. The Morgan fingerprint density at radius 3 is 2.56 bits per heavy atom. The average molecular weight is 252 g/mol. The summed E-state index contributed by atoms with van der Waals surface area (Å²) in [6, 6.07) is 5.47. The van der Waals surface area contributed by atoms with Crippen molar-refractivity contribution in [3.05, 3.63) is 41.8 Å². The molecule has 4 nitrogen and oxygen atoms in total. The lowest BCUT2D eigenvalue weighted by Gasteiger charge is -2.22. The number of aliphatic hydroxyl groups excluding tert-OH is 1. The predicted octanol–water partition coefficient (Wildman–Crippen LogP) is 1.87. The van der Waals surface area contributed by atoms with Crippen molar-refractivity contribution in [1.82, 2.24) is 10.6 Å². The molecule has 0 heterocycles. The molecule has 1 rings (SSSR count). The Labute approximate surface area is 106 Å². The molecule has 0 bridgehead atoms. The van der Waals surface area contributed by atoms with E-state index in [-0.39, 0.29) is 12.4 Å². The highest BCUT2D eigenvalue weighted by atomic mass is 19.1. The van der Waals surface area contributed by atoms with Crippen LogP contribution in [0.3, 0.4) is 0 Å². The van der Waals surface area contributed by atoms with Gasteiger partial charge in [0, 0.05) is 6.20 Å². The zero-order valence-corrected chi connectivity index (χ0v) is 10.4. The third-order valence-corrected chi connectivity index (χ3v) is 2.21. The molecule has 0 saturated heterocycles. The van der Waals surface area contributed by atoms with Crippen molar-refractivity contribution in [3.8, 4) is 0 Å². The lowest BCUT2D eigenvalue weighted by atomic mass is 10.1. The summed E-state index contributed by atoms with van der Waals surface area (Å²) >= 11 is 0. The third-order valence-electron chi connectivity index (χ3n) is 2.21. The van der Waals surface area contributed by atoms with Gasteiger partial charge in [-0.25, -0.2) is 9.18 Å². The van der Waals surface area contributed by atoms with Gasteiger partial charge in [0.15, 0.2) is 0 Å². The maximum Gasteiger partial charge on any atom is 0.319 e. The van der Waals surface area contributed by atoms with Crippen LogP contribution in [0, 0.1) is 5.82 Å². The van der Waals surface area contributed by atoms with Gasteiger partial charge in [0.1, 0.15) is 5.82 Å². The molecule has 5 heteroatoms. The Bertz CT molecular complexity index is 427. The highest BCUT2D eigenvalue weighted by Crippen LogP contribution is 2.04. The van der Waals surface area contributed by atoms with E-state index in [4.69, 9.17) is 5.11 Å². The molecule has 0 aliphatic heterocycles. The topological polar surface area (TPSA) is 61.4 Å². The first-order valence-electron chi connectivity index (χ1n) is 5.54. The molecule has 0 fully saturated rings. The number of aliphatic hydroxyl groups is 1. The molecule has 0 aromatic heterocycles. The number of hydrogen-bond donors (Lipinski definition) is 3. The number of urea groups is 1. The standard InChI is InChI=1S/C13H17FN2O2/c1-13(2,9-17)16-12(18)15-8-7-10-3-5-11(14)6-4-10/h3-8,17H,9H2,1-2H3,(H2,15,16,18)/b8-7+. The van der Waals surface area contributed by atoms with Gasteiger partial charge in [-0.2, -0.15) is 0 Å². The van der Waals surface area contributed by atoms with E-state index in [9.17, 15) is 9.18 Å². The zero-order chi connectivity index (χ0) is 13.6. The summed E-state index contributed by atoms with van der Waals surface area (Å²) in [6.07, 6.45) is 3.10. The molecule has 0 radical (unpaired) electrons. The molecule has 1 aromatic rings. The molecule has 0 aliphatic rings. The van der Waals surface area contributed by atoms with Crippen LogP contribution < -0.4 is 10.6 Å². The van der Waals surface area contributed by atoms with Crippen LogP contribution >= 0.6 is 0 Å². The van der Waals surface area contributed by atoms with Gasteiger partial charge in [-0.3, -0.25) is 0 Å². The number of amides is 2. The van der Waals surface area contributed by atoms with Gasteiger partial charge in [-0.05, 0) is 37.6 Å². The lowest BCUT2D eigenvalue weighted by Crippen LogP contribution is -2.49. The Balaban J connectivity index is 2.45. The van der Waals surface area contributed by atoms with Crippen molar-refractivity contribution < 1.29 is 14.3 Å². The van der Waals surface area contributed by atoms with E-state index < -0.39 is 11.6 Å². The second kappa shape index (κ2) is 6.16. The molecular weight excluding hydrogens is 235 g/mol. The van der Waals surface area contributed by atoms with E-state index in [1.165, 1.54) is 18.3 Å². The van der Waals surface area contributed by atoms with E-state index in [0.29, 0.717) is 0 Å². The Morgan fingerprint density at radius 1 is 1.39 bits per heavy atom. The summed E-state index contributed by atoms with van der Waals surface area (Å²) < 4.78 is 12.6. The summed E-state index contributed by atoms with van der Waals surface area (Å²) in [5.74, 6) is -0.303. The van der Waals surface area contributed by atoms with Crippen LogP contribution in [0.2, 0.25) is 0 Å². The molecular formula is C13H17FN2O2. The average Bonchev–Trinajstić information content (AvgIpc) is 2.31. The molecule has 0 spiro atoms. The Morgan fingerprint density at radius 2 is 2.00 bits per heavy atom. The van der Waals surface area contributed by atoms with E-state index >= 15 is 0 Å². The molecule has 0 aliphatic carbocycles. The number of halogens is 1. The van der Waals surface area contributed by atoms with Crippen molar-refractivity contribution in [2.75, 3.05) is 6.61 Å². The van der Waals surface area contributed by atoms with Crippen molar-refractivity contribution in [2.24, 2.45) is 0 Å². The number of hydrogen-bond acceptors (Lipinski definition) is 2. The van der Waals surface area contributed by atoms with Crippen LogP contribution in [-0.2, 0) is 0 Å². The summed E-state index contributed by atoms with van der Waals surface area (Å²) in [5.41, 5.74) is 0.103. The fourth-order valence-corrected chi connectivity index (χ4v) is 1.17. The molecule has 98 valence electrons. The van der Waals surface area contributed by atoms with Gasteiger partial charge in [0.25, 0.3) is 0 Å². The van der Waals surface area contributed by atoms with Gasteiger partial charge >= 0.3 is 6.03 Å².